The van der Waals surface area contributed by atoms with Crippen LogP contribution in [-0.2, 0) is 6.42 Å². The van der Waals surface area contributed by atoms with E-state index in [1.165, 1.54) is 11.3 Å². The molecule has 1 atom stereocenters. The van der Waals surface area contributed by atoms with E-state index >= 15 is 0 Å². The smallest absolute Gasteiger partial charge is 0.144 e. The Bertz CT molecular complexity index is 545. The normalized spacial score (nSPS) is 18.4. The van der Waals surface area contributed by atoms with E-state index in [1.54, 1.807) is 11.3 Å². The number of hydrogen-bond donors (Lipinski definition) is 2. The first-order chi connectivity index (χ1) is 9.81. The van der Waals surface area contributed by atoms with Crippen LogP contribution in [0.15, 0.2) is 18.6 Å². The maximum atomic E-state index is 4.49. The molecule has 2 N–H and O–H groups in total. The maximum Gasteiger partial charge on any atom is 0.144 e. The molecule has 0 aliphatic carbocycles. The molecule has 106 valence electrons. The number of thiazole rings is 1. The second-order valence-corrected chi connectivity index (χ2v) is 6.34. The second-order valence-electron chi connectivity index (χ2n) is 5.02. The van der Waals surface area contributed by atoms with Gasteiger partial charge in [-0.3, -0.25) is 4.98 Å². The zero-order valence-electron chi connectivity index (χ0n) is 11.6. The molecular formula is C14H19N5S. The minimum absolute atomic E-state index is 0.384. The van der Waals surface area contributed by atoms with Gasteiger partial charge in [0.15, 0.2) is 0 Å². The Balaban J connectivity index is 1.50. The van der Waals surface area contributed by atoms with Crippen LogP contribution >= 0.6 is 11.3 Å². The predicted octanol–water partition coefficient (Wildman–Crippen LogP) is 2.32. The lowest BCUT2D eigenvalue weighted by atomic mass is 10.2. The molecule has 1 aliphatic rings. The van der Waals surface area contributed by atoms with Crippen LogP contribution in [0.3, 0.4) is 0 Å². The molecule has 2 aromatic rings. The summed E-state index contributed by atoms with van der Waals surface area (Å²) >= 11 is 1.75. The van der Waals surface area contributed by atoms with Gasteiger partial charge in [-0.1, -0.05) is 0 Å². The molecule has 0 saturated carbocycles. The van der Waals surface area contributed by atoms with Crippen LogP contribution in [0, 0.1) is 6.92 Å². The molecule has 0 spiro atoms. The fraction of sp³-hybridized carbons (Fsp3) is 0.500. The summed E-state index contributed by atoms with van der Waals surface area (Å²) in [7, 11) is 0. The predicted molar refractivity (Wildman–Crippen MR) is 81.1 cm³/mol. The van der Waals surface area contributed by atoms with E-state index in [1.807, 2.05) is 18.6 Å². The Morgan fingerprint density at radius 1 is 1.30 bits per heavy atom. The summed E-state index contributed by atoms with van der Waals surface area (Å²) in [4.78, 5) is 14.5. The highest BCUT2D eigenvalue weighted by atomic mass is 32.1. The topological polar surface area (TPSA) is 62.7 Å². The van der Waals surface area contributed by atoms with E-state index in [0.717, 1.165) is 42.5 Å². The summed E-state index contributed by atoms with van der Waals surface area (Å²) in [5.41, 5.74) is 1.04. The molecule has 20 heavy (non-hydrogen) atoms. The highest BCUT2D eigenvalue weighted by molar-refractivity contribution is 7.11. The molecule has 1 saturated heterocycles. The Morgan fingerprint density at radius 2 is 2.25 bits per heavy atom. The molecule has 0 bridgehead atoms. The molecule has 0 radical (unpaired) electrons. The fourth-order valence-corrected chi connectivity index (χ4v) is 3.15. The Kier molecular flexibility index (Phi) is 4.22. The number of aromatic nitrogens is 3. The molecule has 3 heterocycles. The van der Waals surface area contributed by atoms with Crippen LogP contribution in [-0.4, -0.2) is 28.0 Å². The van der Waals surface area contributed by atoms with E-state index in [0.29, 0.717) is 6.04 Å². The van der Waals surface area contributed by atoms with Crippen molar-refractivity contribution in [2.24, 2.45) is 0 Å². The van der Waals surface area contributed by atoms with Crippen LogP contribution in [0.5, 0.6) is 0 Å². The van der Waals surface area contributed by atoms with E-state index in [9.17, 15) is 0 Å². The van der Waals surface area contributed by atoms with Gasteiger partial charge in [0.2, 0.25) is 0 Å². The van der Waals surface area contributed by atoms with Crippen molar-refractivity contribution in [1.82, 2.24) is 20.3 Å². The summed E-state index contributed by atoms with van der Waals surface area (Å²) in [6, 6.07) is 0.384. The van der Waals surface area contributed by atoms with Gasteiger partial charge in [0.1, 0.15) is 5.82 Å². The van der Waals surface area contributed by atoms with Gasteiger partial charge in [-0.25, -0.2) is 9.97 Å². The van der Waals surface area contributed by atoms with Crippen molar-refractivity contribution >= 4 is 17.2 Å². The van der Waals surface area contributed by atoms with Crippen LogP contribution in [0.2, 0.25) is 0 Å². The van der Waals surface area contributed by atoms with Crippen LogP contribution in [0.25, 0.3) is 0 Å². The zero-order valence-corrected chi connectivity index (χ0v) is 12.4. The van der Waals surface area contributed by atoms with Gasteiger partial charge in [0, 0.05) is 24.0 Å². The summed E-state index contributed by atoms with van der Waals surface area (Å²) in [6.45, 7) is 4.00. The summed E-state index contributed by atoms with van der Waals surface area (Å²) < 4.78 is 0. The lowest BCUT2D eigenvalue weighted by Crippen LogP contribution is -2.15. The molecule has 1 aliphatic heterocycles. The van der Waals surface area contributed by atoms with Gasteiger partial charge in [0.25, 0.3) is 0 Å². The van der Waals surface area contributed by atoms with Crippen molar-refractivity contribution in [3.05, 3.63) is 34.2 Å². The fourth-order valence-electron chi connectivity index (χ4n) is 2.36. The number of hydrogen-bond acceptors (Lipinski definition) is 6. The molecule has 0 amide bonds. The first kappa shape index (κ1) is 13.5. The average Bonchev–Trinajstić information content (AvgIpc) is 3.11. The maximum absolute atomic E-state index is 4.49. The second kappa shape index (κ2) is 6.28. The van der Waals surface area contributed by atoms with Crippen molar-refractivity contribution in [3.63, 3.8) is 0 Å². The standard InChI is InChI=1S/C14H19N5S/c1-10-7-19-14(20-10)4-6-16-13-9-17-12(8-18-13)11-3-2-5-15-11/h7-9,11,15H,2-6H2,1H3,(H,16,18)/t11-/m1/s1. The lowest BCUT2D eigenvalue weighted by Gasteiger charge is -2.10. The largest absolute Gasteiger partial charge is 0.368 e. The van der Waals surface area contributed by atoms with Gasteiger partial charge in [-0.2, -0.15) is 0 Å². The molecule has 6 heteroatoms. The van der Waals surface area contributed by atoms with Crippen molar-refractivity contribution < 1.29 is 0 Å². The highest BCUT2D eigenvalue weighted by Gasteiger charge is 2.17. The molecule has 3 rings (SSSR count). The van der Waals surface area contributed by atoms with Crippen molar-refractivity contribution in [1.29, 1.82) is 0 Å². The van der Waals surface area contributed by atoms with Gasteiger partial charge in [0.05, 0.1) is 29.1 Å². The molecule has 5 nitrogen and oxygen atoms in total. The number of nitrogens with zero attached hydrogens (tertiary/aromatic N) is 3. The van der Waals surface area contributed by atoms with E-state index in [2.05, 4.69) is 32.5 Å². The van der Waals surface area contributed by atoms with Gasteiger partial charge in [-0.05, 0) is 26.3 Å². The van der Waals surface area contributed by atoms with Gasteiger partial charge < -0.3 is 10.6 Å². The first-order valence-electron chi connectivity index (χ1n) is 7.02. The van der Waals surface area contributed by atoms with E-state index in [4.69, 9.17) is 0 Å². The Morgan fingerprint density at radius 3 is 2.90 bits per heavy atom. The Hall–Kier alpha value is -1.53. The van der Waals surface area contributed by atoms with Gasteiger partial charge >= 0.3 is 0 Å². The summed E-state index contributed by atoms with van der Waals surface area (Å²) in [5.74, 6) is 0.833. The molecule has 0 aromatic carbocycles. The minimum atomic E-state index is 0.384. The van der Waals surface area contributed by atoms with Crippen LogP contribution < -0.4 is 10.6 Å². The van der Waals surface area contributed by atoms with Crippen LogP contribution in [0.4, 0.5) is 5.82 Å². The lowest BCUT2D eigenvalue weighted by molar-refractivity contribution is 0.624. The number of nitrogens with one attached hydrogen (secondary N) is 2. The minimum Gasteiger partial charge on any atom is -0.368 e. The van der Waals surface area contributed by atoms with Gasteiger partial charge in [-0.15, -0.1) is 11.3 Å². The van der Waals surface area contributed by atoms with Crippen LogP contribution in [0.1, 0.15) is 34.5 Å². The van der Waals surface area contributed by atoms with Crippen molar-refractivity contribution in [2.75, 3.05) is 18.4 Å². The summed E-state index contributed by atoms with van der Waals surface area (Å²) in [5, 5.41) is 7.88. The average molecular weight is 289 g/mol. The Labute approximate surface area is 122 Å². The third-order valence-electron chi connectivity index (χ3n) is 3.40. The van der Waals surface area contributed by atoms with E-state index < -0.39 is 0 Å². The monoisotopic (exact) mass is 289 g/mol. The number of rotatable bonds is 5. The van der Waals surface area contributed by atoms with Crippen molar-refractivity contribution in [3.8, 4) is 0 Å². The molecular weight excluding hydrogens is 270 g/mol. The quantitative estimate of drug-likeness (QED) is 0.884. The van der Waals surface area contributed by atoms with E-state index in [-0.39, 0.29) is 0 Å². The number of anilines is 1. The SMILES string of the molecule is Cc1cnc(CCNc2cnc([C@H]3CCCN3)cn2)s1. The number of aryl methyl sites for hydroxylation is 1. The molecule has 0 unspecified atom stereocenters. The van der Waals surface area contributed by atoms with Crippen molar-refractivity contribution in [2.45, 2.75) is 32.2 Å². The third kappa shape index (κ3) is 3.32. The highest BCUT2D eigenvalue weighted by Crippen LogP contribution is 2.20. The third-order valence-corrected chi connectivity index (χ3v) is 4.38. The first-order valence-corrected chi connectivity index (χ1v) is 7.83. The zero-order chi connectivity index (χ0) is 13.8. The molecule has 2 aromatic heterocycles. The molecule has 1 fully saturated rings. The summed E-state index contributed by atoms with van der Waals surface area (Å²) in [6.07, 6.45) is 8.92.